The Morgan fingerprint density at radius 2 is 1.63 bits per heavy atom. The maximum absolute atomic E-state index is 12.8. The molecule has 8 heteroatoms. The van der Waals surface area contributed by atoms with Gasteiger partial charge in [0.25, 0.3) is 5.91 Å². The molecule has 30 heavy (non-hydrogen) atoms. The molecular weight excluding hydrogens is 395 g/mol. The van der Waals surface area contributed by atoms with Gasteiger partial charge in [-0.05, 0) is 42.5 Å². The fourth-order valence-corrected chi connectivity index (χ4v) is 2.50. The summed E-state index contributed by atoms with van der Waals surface area (Å²) in [4.78, 5) is 27.4. The number of carbonyl (C=O) groups excluding carboxylic acids is 2. The van der Waals surface area contributed by atoms with Crippen molar-refractivity contribution < 1.29 is 22.8 Å². The molecule has 0 aliphatic heterocycles. The van der Waals surface area contributed by atoms with Gasteiger partial charge >= 0.3 is 6.18 Å². The first-order chi connectivity index (χ1) is 14.2. The number of nitrogens with two attached hydrogens (primary N) is 1. The predicted octanol–water partition coefficient (Wildman–Crippen LogP) is 3.85. The summed E-state index contributed by atoms with van der Waals surface area (Å²) in [6, 6.07) is 12.2. The molecule has 0 aliphatic carbocycles. The highest BCUT2D eigenvalue weighted by Crippen LogP contribution is 2.29. The monoisotopic (exact) mass is 409 g/mol. The minimum atomic E-state index is -4.54. The van der Waals surface area contributed by atoms with Crippen LogP contribution in [0, 0.1) is 11.8 Å². The van der Waals surface area contributed by atoms with Gasteiger partial charge < -0.3 is 11.1 Å². The number of anilines is 1. The van der Waals surface area contributed by atoms with Crippen LogP contribution in [0.4, 0.5) is 18.9 Å². The van der Waals surface area contributed by atoms with Gasteiger partial charge in [0.05, 0.1) is 11.1 Å². The number of pyridine rings is 1. The molecule has 0 bridgehead atoms. The molecule has 2 aromatic carbocycles. The summed E-state index contributed by atoms with van der Waals surface area (Å²) in [7, 11) is 0. The van der Waals surface area contributed by atoms with E-state index in [1.165, 1.54) is 30.6 Å². The SMILES string of the molecule is NC(=O)c1cncc(C#Cc2cccc(NC(=O)c3cccc(C(F)(F)F)c3)c2)c1. The molecule has 3 aromatic rings. The van der Waals surface area contributed by atoms with Gasteiger partial charge in [0.1, 0.15) is 0 Å². The third-order valence-corrected chi connectivity index (χ3v) is 3.95. The van der Waals surface area contributed by atoms with Crippen LogP contribution in [0.1, 0.15) is 37.4 Å². The number of benzene rings is 2. The van der Waals surface area contributed by atoms with Crippen LogP contribution in [0.3, 0.4) is 0 Å². The van der Waals surface area contributed by atoms with E-state index in [-0.39, 0.29) is 11.1 Å². The summed E-state index contributed by atoms with van der Waals surface area (Å²) >= 11 is 0. The van der Waals surface area contributed by atoms with Crippen LogP contribution in [0.15, 0.2) is 67.0 Å². The number of nitrogens with one attached hydrogen (secondary N) is 1. The van der Waals surface area contributed by atoms with Crippen molar-refractivity contribution in [3.05, 3.63) is 94.8 Å². The van der Waals surface area contributed by atoms with Crippen LogP contribution in [-0.4, -0.2) is 16.8 Å². The minimum absolute atomic E-state index is 0.115. The summed E-state index contributed by atoms with van der Waals surface area (Å²) in [5, 5.41) is 2.55. The molecular formula is C22H14F3N3O2. The highest BCUT2D eigenvalue weighted by atomic mass is 19.4. The number of halogens is 3. The Kier molecular flexibility index (Phi) is 5.83. The van der Waals surface area contributed by atoms with E-state index in [4.69, 9.17) is 5.73 Å². The Bertz CT molecular complexity index is 1180. The van der Waals surface area contributed by atoms with Crippen molar-refractivity contribution in [3.8, 4) is 11.8 Å². The molecule has 0 radical (unpaired) electrons. The van der Waals surface area contributed by atoms with E-state index >= 15 is 0 Å². The number of hydrogen-bond donors (Lipinski definition) is 2. The molecule has 0 unspecified atom stereocenters. The molecule has 3 rings (SSSR count). The van der Waals surface area contributed by atoms with Crippen molar-refractivity contribution in [3.63, 3.8) is 0 Å². The number of aromatic nitrogens is 1. The molecule has 0 fully saturated rings. The van der Waals surface area contributed by atoms with E-state index in [2.05, 4.69) is 22.1 Å². The van der Waals surface area contributed by atoms with E-state index in [1.807, 2.05) is 0 Å². The molecule has 1 aromatic heterocycles. The van der Waals surface area contributed by atoms with Crippen molar-refractivity contribution in [1.82, 2.24) is 4.98 Å². The maximum Gasteiger partial charge on any atom is 0.416 e. The standard InChI is InChI=1S/C22H14F3N3O2/c23-22(24,25)18-5-2-4-16(11-18)21(30)28-19-6-1-3-14(10-19)7-8-15-9-17(20(26)29)13-27-12-15/h1-6,9-13H,(H2,26,29)(H,28,30). The molecule has 150 valence electrons. The maximum atomic E-state index is 12.8. The van der Waals surface area contributed by atoms with Gasteiger partial charge in [-0.15, -0.1) is 0 Å². The van der Waals surface area contributed by atoms with Gasteiger partial charge in [-0.3, -0.25) is 14.6 Å². The number of rotatable bonds is 3. The summed E-state index contributed by atoms with van der Waals surface area (Å²) < 4.78 is 38.5. The van der Waals surface area contributed by atoms with Crippen LogP contribution in [0.25, 0.3) is 0 Å². The van der Waals surface area contributed by atoms with Gasteiger partial charge in [-0.1, -0.05) is 24.0 Å². The van der Waals surface area contributed by atoms with Crippen LogP contribution < -0.4 is 11.1 Å². The molecule has 2 amide bonds. The van der Waals surface area contributed by atoms with E-state index in [9.17, 15) is 22.8 Å². The highest BCUT2D eigenvalue weighted by Gasteiger charge is 2.30. The smallest absolute Gasteiger partial charge is 0.366 e. The zero-order valence-corrected chi connectivity index (χ0v) is 15.3. The summed E-state index contributed by atoms with van der Waals surface area (Å²) in [6.07, 6.45) is -1.73. The van der Waals surface area contributed by atoms with E-state index in [0.29, 0.717) is 16.8 Å². The Morgan fingerprint density at radius 3 is 2.37 bits per heavy atom. The molecule has 0 spiro atoms. The van der Waals surface area contributed by atoms with E-state index in [1.54, 1.807) is 24.3 Å². The summed E-state index contributed by atoms with van der Waals surface area (Å²) in [6.45, 7) is 0. The van der Waals surface area contributed by atoms with Gasteiger partial charge in [0.2, 0.25) is 5.91 Å². The predicted molar refractivity (Wildman–Crippen MR) is 105 cm³/mol. The normalized spacial score (nSPS) is 10.6. The van der Waals surface area contributed by atoms with Crippen molar-refractivity contribution >= 4 is 17.5 Å². The summed E-state index contributed by atoms with van der Waals surface area (Å²) in [5.41, 5.74) is 5.81. The number of nitrogens with zero attached hydrogens (tertiary/aromatic N) is 1. The highest BCUT2D eigenvalue weighted by molar-refractivity contribution is 6.04. The topological polar surface area (TPSA) is 85.1 Å². The Balaban J connectivity index is 1.78. The third kappa shape index (κ3) is 5.23. The van der Waals surface area contributed by atoms with Crippen molar-refractivity contribution in [2.24, 2.45) is 5.73 Å². The van der Waals surface area contributed by atoms with Crippen molar-refractivity contribution in [2.45, 2.75) is 6.18 Å². The second-order valence-electron chi connectivity index (χ2n) is 6.19. The number of alkyl halides is 3. The fourth-order valence-electron chi connectivity index (χ4n) is 2.50. The lowest BCUT2D eigenvalue weighted by Crippen LogP contribution is -2.14. The third-order valence-electron chi connectivity index (χ3n) is 3.95. The lowest BCUT2D eigenvalue weighted by molar-refractivity contribution is -0.137. The van der Waals surface area contributed by atoms with E-state index in [0.717, 1.165) is 12.1 Å². The van der Waals surface area contributed by atoms with Crippen LogP contribution in [-0.2, 0) is 6.18 Å². The Morgan fingerprint density at radius 1 is 0.900 bits per heavy atom. The van der Waals surface area contributed by atoms with Gasteiger partial charge in [0.15, 0.2) is 0 Å². The zero-order valence-electron chi connectivity index (χ0n) is 15.3. The first-order valence-electron chi connectivity index (χ1n) is 8.58. The zero-order chi connectivity index (χ0) is 21.7. The average Bonchev–Trinajstić information content (AvgIpc) is 2.72. The largest absolute Gasteiger partial charge is 0.416 e. The first kappa shape index (κ1) is 20.6. The molecule has 0 saturated heterocycles. The quantitative estimate of drug-likeness (QED) is 0.645. The van der Waals surface area contributed by atoms with Crippen LogP contribution in [0.5, 0.6) is 0 Å². The molecule has 5 nitrogen and oxygen atoms in total. The lowest BCUT2D eigenvalue weighted by Gasteiger charge is -2.09. The molecule has 3 N–H and O–H groups in total. The molecule has 0 saturated carbocycles. The lowest BCUT2D eigenvalue weighted by atomic mass is 10.1. The Labute approximate surface area is 169 Å². The van der Waals surface area contributed by atoms with Gasteiger partial charge in [0, 0.05) is 34.8 Å². The second-order valence-corrected chi connectivity index (χ2v) is 6.19. The Hall–Kier alpha value is -4.12. The van der Waals surface area contributed by atoms with Crippen LogP contribution in [0.2, 0.25) is 0 Å². The number of primary amides is 1. The number of carbonyl (C=O) groups is 2. The van der Waals surface area contributed by atoms with Crippen molar-refractivity contribution in [1.29, 1.82) is 0 Å². The van der Waals surface area contributed by atoms with Crippen LogP contribution >= 0.6 is 0 Å². The number of hydrogen-bond acceptors (Lipinski definition) is 3. The van der Waals surface area contributed by atoms with Gasteiger partial charge in [-0.25, -0.2) is 0 Å². The first-order valence-corrected chi connectivity index (χ1v) is 8.58. The minimum Gasteiger partial charge on any atom is -0.366 e. The fraction of sp³-hybridized carbons (Fsp3) is 0.0455. The number of amides is 2. The second kappa shape index (κ2) is 8.49. The average molecular weight is 409 g/mol. The van der Waals surface area contributed by atoms with E-state index < -0.39 is 23.6 Å². The molecule has 0 aliphatic rings. The molecule has 1 heterocycles. The van der Waals surface area contributed by atoms with Gasteiger partial charge in [-0.2, -0.15) is 13.2 Å². The molecule has 0 atom stereocenters. The summed E-state index contributed by atoms with van der Waals surface area (Å²) in [5.74, 6) is 4.41. The van der Waals surface area contributed by atoms with Crippen molar-refractivity contribution in [2.75, 3.05) is 5.32 Å².